The molecule has 6 rings (SSSR count). The third-order valence-electron chi connectivity index (χ3n) is 8.79. The molecule has 2 aromatic heterocycles. The topological polar surface area (TPSA) is 133 Å². The molecule has 4 aromatic rings. The molecule has 0 radical (unpaired) electrons. The number of rotatable bonds is 2. The van der Waals surface area contributed by atoms with Gasteiger partial charge in [-0.05, 0) is 57.4 Å². The van der Waals surface area contributed by atoms with Crippen molar-refractivity contribution in [3.63, 3.8) is 0 Å². The van der Waals surface area contributed by atoms with Gasteiger partial charge < -0.3 is 20.0 Å². The lowest BCUT2D eigenvalue weighted by molar-refractivity contribution is -0.0186. The Morgan fingerprint density at radius 3 is 1.58 bits per heavy atom. The number of aromatic nitrogens is 4. The average molecular weight is 671 g/mol. The molecule has 2 unspecified atom stereocenters. The number of aliphatic hydroxyl groups is 2. The van der Waals surface area contributed by atoms with E-state index < -0.39 is 11.6 Å². The van der Waals surface area contributed by atoms with E-state index >= 15 is 0 Å². The molecule has 2 saturated heterocycles. The highest BCUT2D eigenvalue weighted by Crippen LogP contribution is 2.30. The van der Waals surface area contributed by atoms with Crippen LogP contribution < -0.4 is 0 Å². The van der Waals surface area contributed by atoms with Crippen molar-refractivity contribution in [2.45, 2.75) is 64.7 Å². The second-order valence-corrected chi connectivity index (χ2v) is 13.8. The number of hydrogen-bond acceptors (Lipinski definition) is 8. The maximum Gasteiger partial charge on any atom is 0.292 e. The number of nitrogens with zero attached hydrogens (tertiary/aromatic N) is 6. The van der Waals surface area contributed by atoms with Crippen LogP contribution in [-0.4, -0.2) is 89.1 Å². The lowest BCUT2D eigenvalue weighted by Crippen LogP contribution is -2.54. The van der Waals surface area contributed by atoms with E-state index in [1.165, 1.54) is 0 Å². The van der Waals surface area contributed by atoms with Gasteiger partial charge in [0.1, 0.15) is 0 Å². The fraction of sp³-hybridized carbons (Fsp3) is 0.350. The van der Waals surface area contributed by atoms with Crippen LogP contribution >= 0.6 is 0 Å². The van der Waals surface area contributed by atoms with E-state index in [1.54, 1.807) is 34.6 Å². The van der Waals surface area contributed by atoms with Gasteiger partial charge in [0.05, 0.1) is 23.3 Å². The maximum atomic E-state index is 12.7. The second kappa shape index (κ2) is 15.9. The van der Waals surface area contributed by atoms with Crippen LogP contribution in [-0.2, 0) is 0 Å². The summed E-state index contributed by atoms with van der Waals surface area (Å²) in [7, 11) is 0. The molecule has 2 aliphatic heterocycles. The van der Waals surface area contributed by atoms with Crippen LogP contribution in [0.1, 0.15) is 90.4 Å². The summed E-state index contributed by atoms with van der Waals surface area (Å²) in [6, 6.07) is 19.3. The summed E-state index contributed by atoms with van der Waals surface area (Å²) < 4.78 is 0. The lowest BCUT2D eigenvalue weighted by atomic mass is 9.81. The smallest absolute Gasteiger partial charge is 0.292 e. The van der Waals surface area contributed by atoms with Crippen molar-refractivity contribution in [2.24, 2.45) is 5.41 Å². The molecule has 2 aromatic carbocycles. The average Bonchev–Trinajstić information content (AvgIpc) is 3.11. The Bertz CT molecular complexity index is 1890. The highest BCUT2D eigenvalue weighted by atomic mass is 16.3. The Labute approximate surface area is 293 Å². The van der Waals surface area contributed by atoms with E-state index in [9.17, 15) is 19.8 Å². The SMILES string of the molecule is CC1(C)CC(O)CCN1C(=O)c1ncc(C#Cc2ccccc2)cn1.CC1(C)CN(C(=O)c2ncc(C#Cc3ccccc3)cn2)CCC1O. The van der Waals surface area contributed by atoms with E-state index in [0.717, 1.165) is 11.1 Å². The van der Waals surface area contributed by atoms with Gasteiger partial charge >= 0.3 is 0 Å². The largest absolute Gasteiger partial charge is 0.393 e. The van der Waals surface area contributed by atoms with Crippen LogP contribution in [0.2, 0.25) is 0 Å². The summed E-state index contributed by atoms with van der Waals surface area (Å²) in [6.45, 7) is 9.33. The number of benzene rings is 2. The summed E-state index contributed by atoms with van der Waals surface area (Å²) in [6.07, 6.45) is 7.22. The van der Waals surface area contributed by atoms with Gasteiger partial charge in [0.2, 0.25) is 11.6 Å². The first-order chi connectivity index (χ1) is 23.9. The Morgan fingerprint density at radius 1 is 0.660 bits per heavy atom. The van der Waals surface area contributed by atoms with Crippen molar-refractivity contribution in [1.82, 2.24) is 29.7 Å². The van der Waals surface area contributed by atoms with Crippen LogP contribution in [0.15, 0.2) is 85.5 Å². The molecule has 2 atom stereocenters. The van der Waals surface area contributed by atoms with Crippen LogP contribution in [0.5, 0.6) is 0 Å². The summed E-state index contributed by atoms with van der Waals surface area (Å²) in [5, 5.41) is 19.8. The van der Waals surface area contributed by atoms with E-state index in [4.69, 9.17) is 0 Å². The number of aliphatic hydroxyl groups excluding tert-OH is 2. The summed E-state index contributed by atoms with van der Waals surface area (Å²) in [5.41, 5.74) is 2.41. The van der Waals surface area contributed by atoms with Gasteiger partial charge in [-0.3, -0.25) is 9.59 Å². The molecule has 256 valence electrons. The van der Waals surface area contributed by atoms with Gasteiger partial charge in [0.25, 0.3) is 11.8 Å². The molecule has 2 amide bonds. The molecule has 2 aliphatic rings. The van der Waals surface area contributed by atoms with Crippen LogP contribution in [0.25, 0.3) is 0 Å². The Hall–Kier alpha value is -5.42. The molecular formula is C40H42N6O4. The fourth-order valence-electron chi connectivity index (χ4n) is 5.86. The molecule has 10 nitrogen and oxygen atoms in total. The first kappa shape index (κ1) is 35.9. The quantitative estimate of drug-likeness (QED) is 0.301. The summed E-state index contributed by atoms with van der Waals surface area (Å²) in [4.78, 5) is 45.4. The summed E-state index contributed by atoms with van der Waals surface area (Å²) in [5.74, 6) is 12.0. The van der Waals surface area contributed by atoms with Gasteiger partial charge in [-0.1, -0.05) is 73.9 Å². The van der Waals surface area contributed by atoms with Crippen molar-refractivity contribution in [1.29, 1.82) is 0 Å². The number of carbonyl (C=O) groups is 2. The lowest BCUT2D eigenvalue weighted by Gasteiger charge is -2.43. The molecule has 0 aliphatic carbocycles. The van der Waals surface area contributed by atoms with Gasteiger partial charge in [0.15, 0.2) is 0 Å². The predicted molar refractivity (Wildman–Crippen MR) is 190 cm³/mol. The molecule has 2 fully saturated rings. The van der Waals surface area contributed by atoms with Gasteiger partial charge in [-0.2, -0.15) is 0 Å². The van der Waals surface area contributed by atoms with Crippen molar-refractivity contribution in [2.75, 3.05) is 19.6 Å². The standard InChI is InChI=1S/2C20H21N3O2/c1-20(2)12-17(24)10-11-23(20)19(25)18-21-13-16(14-22-18)9-8-15-6-4-3-5-7-15;1-20(2)14-23(11-10-17(20)24)19(25)18-21-12-16(13-22-18)9-8-15-6-4-3-5-7-15/h3-7,13-14,17,24H,10-12H2,1-2H3;3-7,12-13,17,24H,10-11,14H2,1-2H3. The van der Waals surface area contributed by atoms with Crippen molar-refractivity contribution >= 4 is 11.8 Å². The number of amides is 2. The zero-order valence-corrected chi connectivity index (χ0v) is 28.9. The van der Waals surface area contributed by atoms with Gasteiger partial charge in [0, 0.05) is 66.5 Å². The normalized spacial score (nSPS) is 19.0. The highest BCUT2D eigenvalue weighted by Gasteiger charge is 2.39. The van der Waals surface area contributed by atoms with Crippen LogP contribution in [0.4, 0.5) is 0 Å². The van der Waals surface area contributed by atoms with E-state index in [1.807, 2.05) is 88.4 Å². The Balaban J connectivity index is 0.000000194. The molecule has 4 heterocycles. The Kier molecular flexibility index (Phi) is 11.4. The van der Waals surface area contributed by atoms with Crippen molar-refractivity contribution < 1.29 is 19.8 Å². The van der Waals surface area contributed by atoms with Gasteiger partial charge in [-0.25, -0.2) is 19.9 Å². The predicted octanol–water partition coefficient (Wildman–Crippen LogP) is 4.36. The molecule has 0 spiro atoms. The van der Waals surface area contributed by atoms with Gasteiger partial charge in [-0.15, -0.1) is 0 Å². The summed E-state index contributed by atoms with van der Waals surface area (Å²) >= 11 is 0. The molecule has 0 bridgehead atoms. The first-order valence-corrected chi connectivity index (χ1v) is 16.7. The zero-order chi connectivity index (χ0) is 35.7. The van der Waals surface area contributed by atoms with Crippen molar-refractivity contribution in [3.8, 4) is 23.7 Å². The molecular weight excluding hydrogens is 628 g/mol. The third kappa shape index (κ3) is 9.38. The number of piperidine rings is 2. The number of likely N-dealkylation sites (tertiary alicyclic amines) is 2. The van der Waals surface area contributed by atoms with Crippen molar-refractivity contribution in [3.05, 3.63) is 119 Å². The maximum absolute atomic E-state index is 12.7. The monoisotopic (exact) mass is 670 g/mol. The number of hydrogen-bond donors (Lipinski definition) is 2. The second-order valence-electron chi connectivity index (χ2n) is 13.8. The Morgan fingerprint density at radius 2 is 1.12 bits per heavy atom. The molecule has 50 heavy (non-hydrogen) atoms. The van der Waals surface area contributed by atoms with E-state index in [2.05, 4.69) is 43.6 Å². The number of carbonyl (C=O) groups excluding carboxylic acids is 2. The molecule has 10 heteroatoms. The van der Waals surface area contributed by atoms with E-state index in [0.29, 0.717) is 50.0 Å². The molecule has 0 saturated carbocycles. The minimum atomic E-state index is -0.413. The first-order valence-electron chi connectivity index (χ1n) is 16.7. The fourth-order valence-corrected chi connectivity index (χ4v) is 5.86. The minimum absolute atomic E-state index is 0.162. The van der Waals surface area contributed by atoms with Crippen LogP contribution in [0, 0.1) is 29.1 Å². The zero-order valence-electron chi connectivity index (χ0n) is 28.9. The van der Waals surface area contributed by atoms with Crippen LogP contribution in [0.3, 0.4) is 0 Å². The molecule has 2 N–H and O–H groups in total. The third-order valence-corrected chi connectivity index (χ3v) is 8.79. The minimum Gasteiger partial charge on any atom is -0.393 e. The highest BCUT2D eigenvalue weighted by molar-refractivity contribution is 5.91. The van der Waals surface area contributed by atoms with E-state index in [-0.39, 0.29) is 35.0 Å².